The minimum atomic E-state index is -0.144. The molecule has 2 rings (SSSR count). The van der Waals surface area contributed by atoms with Crippen LogP contribution in [0.3, 0.4) is 0 Å². The maximum atomic E-state index is 11.9. The van der Waals surface area contributed by atoms with Crippen LogP contribution in [0.5, 0.6) is 0 Å². The van der Waals surface area contributed by atoms with Crippen molar-refractivity contribution < 1.29 is 9.59 Å². The topological polar surface area (TPSA) is 70.2 Å². The van der Waals surface area contributed by atoms with Crippen LogP contribution < -0.4 is 16.0 Å². The van der Waals surface area contributed by atoms with E-state index in [0.717, 1.165) is 19.4 Å². The molecule has 0 saturated carbocycles. The molecule has 0 bridgehead atoms. The van der Waals surface area contributed by atoms with Crippen molar-refractivity contribution in [2.24, 2.45) is 0 Å². The molecule has 0 radical (unpaired) electrons. The number of benzene rings is 1. The van der Waals surface area contributed by atoms with Crippen molar-refractivity contribution >= 4 is 35.8 Å². The van der Waals surface area contributed by atoms with Gasteiger partial charge in [0.1, 0.15) is 0 Å². The van der Waals surface area contributed by atoms with Gasteiger partial charge in [0.2, 0.25) is 5.91 Å². The number of piperidine rings is 1. The van der Waals surface area contributed by atoms with Gasteiger partial charge >= 0.3 is 0 Å². The van der Waals surface area contributed by atoms with Crippen molar-refractivity contribution in [2.75, 3.05) is 13.1 Å². The first kappa shape index (κ1) is 20.7. The van der Waals surface area contributed by atoms with E-state index in [4.69, 9.17) is 11.6 Å². The maximum absolute atomic E-state index is 11.9. The van der Waals surface area contributed by atoms with Gasteiger partial charge in [-0.05, 0) is 57.0 Å². The summed E-state index contributed by atoms with van der Waals surface area (Å²) >= 11 is 5.79. The predicted molar refractivity (Wildman–Crippen MR) is 98.9 cm³/mol. The molecular weight excluding hydrogens is 349 g/mol. The largest absolute Gasteiger partial charge is 0.353 e. The molecule has 1 aliphatic heterocycles. The highest BCUT2D eigenvalue weighted by molar-refractivity contribution is 6.30. The second kappa shape index (κ2) is 10.5. The average Bonchev–Trinajstić information content (AvgIpc) is 2.52. The maximum Gasteiger partial charge on any atom is 0.251 e. The van der Waals surface area contributed by atoms with E-state index >= 15 is 0 Å². The normalized spacial score (nSPS) is 19.9. The molecule has 24 heavy (non-hydrogen) atoms. The highest BCUT2D eigenvalue weighted by Crippen LogP contribution is 2.10. The Kier molecular flexibility index (Phi) is 9.11. The molecule has 1 aromatic carbocycles. The van der Waals surface area contributed by atoms with E-state index in [1.807, 2.05) is 0 Å². The fourth-order valence-corrected chi connectivity index (χ4v) is 2.84. The molecule has 1 fully saturated rings. The molecule has 1 aliphatic rings. The highest BCUT2D eigenvalue weighted by atomic mass is 35.5. The molecule has 5 nitrogen and oxygen atoms in total. The van der Waals surface area contributed by atoms with Gasteiger partial charge in [0, 0.05) is 35.6 Å². The lowest BCUT2D eigenvalue weighted by Gasteiger charge is -2.28. The lowest BCUT2D eigenvalue weighted by atomic mass is 10.0. The van der Waals surface area contributed by atoms with Crippen molar-refractivity contribution in [3.05, 3.63) is 34.9 Å². The second-order valence-electron chi connectivity index (χ2n) is 6.01. The summed E-state index contributed by atoms with van der Waals surface area (Å²) < 4.78 is 0. The minimum Gasteiger partial charge on any atom is -0.353 e. The van der Waals surface area contributed by atoms with Gasteiger partial charge in [-0.1, -0.05) is 11.6 Å². The van der Waals surface area contributed by atoms with E-state index in [2.05, 4.69) is 22.9 Å². The molecule has 7 heteroatoms. The number of amides is 2. The van der Waals surface area contributed by atoms with Gasteiger partial charge in [-0.3, -0.25) is 9.59 Å². The van der Waals surface area contributed by atoms with E-state index in [1.165, 1.54) is 0 Å². The molecule has 2 amide bonds. The quantitative estimate of drug-likeness (QED) is 0.671. The first-order chi connectivity index (χ1) is 11.0. The zero-order valence-corrected chi connectivity index (χ0v) is 15.4. The molecule has 2 unspecified atom stereocenters. The summed E-state index contributed by atoms with van der Waals surface area (Å²) in [5, 5.41) is 9.85. The fourth-order valence-electron chi connectivity index (χ4n) is 2.72. The van der Waals surface area contributed by atoms with Gasteiger partial charge in [0.25, 0.3) is 5.91 Å². The van der Waals surface area contributed by atoms with Crippen LogP contribution in [0.25, 0.3) is 0 Å². The van der Waals surface area contributed by atoms with Gasteiger partial charge < -0.3 is 16.0 Å². The van der Waals surface area contributed by atoms with Gasteiger partial charge in [-0.2, -0.15) is 0 Å². The van der Waals surface area contributed by atoms with Crippen molar-refractivity contribution in [1.29, 1.82) is 0 Å². The van der Waals surface area contributed by atoms with Crippen LogP contribution in [-0.2, 0) is 4.79 Å². The van der Waals surface area contributed by atoms with Crippen molar-refractivity contribution in [3.63, 3.8) is 0 Å². The molecule has 1 saturated heterocycles. The van der Waals surface area contributed by atoms with E-state index in [0.29, 0.717) is 36.0 Å². The Morgan fingerprint density at radius 2 is 2.00 bits per heavy atom. The summed E-state index contributed by atoms with van der Waals surface area (Å²) in [6, 6.07) is 7.45. The molecule has 0 aliphatic carbocycles. The van der Waals surface area contributed by atoms with E-state index < -0.39 is 0 Å². The highest BCUT2D eigenvalue weighted by Gasteiger charge is 2.19. The Morgan fingerprint density at radius 1 is 1.29 bits per heavy atom. The summed E-state index contributed by atoms with van der Waals surface area (Å²) in [6.45, 7) is 3.56. The van der Waals surface area contributed by atoms with Crippen molar-refractivity contribution in [3.8, 4) is 0 Å². The Balaban J connectivity index is 0.00000288. The van der Waals surface area contributed by atoms with E-state index in [9.17, 15) is 9.59 Å². The van der Waals surface area contributed by atoms with E-state index in [1.54, 1.807) is 24.3 Å². The third-order valence-electron chi connectivity index (χ3n) is 3.96. The smallest absolute Gasteiger partial charge is 0.251 e. The number of rotatable bonds is 6. The second-order valence-corrected chi connectivity index (χ2v) is 6.45. The molecule has 0 spiro atoms. The molecular formula is C17H25Cl2N3O2. The molecule has 2 atom stereocenters. The van der Waals surface area contributed by atoms with Crippen LogP contribution in [0.15, 0.2) is 24.3 Å². The Labute approximate surface area is 154 Å². The number of halogens is 2. The van der Waals surface area contributed by atoms with Crippen LogP contribution in [-0.4, -0.2) is 37.0 Å². The monoisotopic (exact) mass is 373 g/mol. The van der Waals surface area contributed by atoms with Gasteiger partial charge in [-0.15, -0.1) is 12.4 Å². The zero-order chi connectivity index (χ0) is 16.7. The third-order valence-corrected chi connectivity index (χ3v) is 4.21. The zero-order valence-electron chi connectivity index (χ0n) is 13.8. The number of carbonyl (C=O) groups is 2. The summed E-state index contributed by atoms with van der Waals surface area (Å²) in [5.41, 5.74) is 0.572. The van der Waals surface area contributed by atoms with Crippen LogP contribution in [0.1, 0.15) is 43.0 Å². The first-order valence-corrected chi connectivity index (χ1v) is 8.49. The first-order valence-electron chi connectivity index (χ1n) is 8.11. The molecule has 3 N–H and O–H groups in total. The van der Waals surface area contributed by atoms with Gasteiger partial charge in [0.05, 0.1) is 0 Å². The summed E-state index contributed by atoms with van der Waals surface area (Å²) in [7, 11) is 0. The fraction of sp³-hybridized carbons (Fsp3) is 0.529. The number of hydrogen-bond donors (Lipinski definition) is 3. The van der Waals surface area contributed by atoms with Gasteiger partial charge in [0.15, 0.2) is 0 Å². The van der Waals surface area contributed by atoms with Crippen LogP contribution in [0, 0.1) is 0 Å². The van der Waals surface area contributed by atoms with Crippen LogP contribution in [0.4, 0.5) is 0 Å². The lowest BCUT2D eigenvalue weighted by molar-refractivity contribution is -0.122. The standard InChI is InChI=1S/C17H24ClN3O2.ClH/c1-12-11-15(8-10-19-12)21-16(22)3-2-9-20-17(23)13-4-6-14(18)7-5-13;/h4-7,12,15,19H,2-3,8-11H2,1H3,(H,20,23)(H,21,22);1H. The Morgan fingerprint density at radius 3 is 2.67 bits per heavy atom. The van der Waals surface area contributed by atoms with Crippen LogP contribution in [0.2, 0.25) is 5.02 Å². The number of carbonyl (C=O) groups excluding carboxylic acids is 2. The Bertz CT molecular complexity index is 537. The Hall–Kier alpha value is -1.30. The summed E-state index contributed by atoms with van der Waals surface area (Å²) in [4.78, 5) is 23.8. The van der Waals surface area contributed by atoms with Crippen molar-refractivity contribution in [1.82, 2.24) is 16.0 Å². The number of nitrogens with one attached hydrogen (secondary N) is 3. The third kappa shape index (κ3) is 7.07. The molecule has 1 aromatic rings. The van der Waals surface area contributed by atoms with Gasteiger partial charge in [-0.25, -0.2) is 0 Å². The SMILES string of the molecule is CC1CC(NC(=O)CCCNC(=O)c2ccc(Cl)cc2)CCN1.Cl. The van der Waals surface area contributed by atoms with E-state index in [-0.39, 0.29) is 30.3 Å². The summed E-state index contributed by atoms with van der Waals surface area (Å²) in [5.74, 6) is -0.0842. The molecule has 1 heterocycles. The summed E-state index contributed by atoms with van der Waals surface area (Å²) in [6.07, 6.45) is 3.01. The number of hydrogen-bond acceptors (Lipinski definition) is 3. The molecule has 0 aromatic heterocycles. The molecule has 134 valence electrons. The van der Waals surface area contributed by atoms with Crippen molar-refractivity contribution in [2.45, 2.75) is 44.7 Å². The predicted octanol–water partition coefficient (Wildman–Crippen LogP) is 2.53. The van der Waals surface area contributed by atoms with Crippen LogP contribution >= 0.6 is 24.0 Å². The lowest BCUT2D eigenvalue weighted by Crippen LogP contribution is -2.46. The minimum absolute atomic E-state index is 0. The average molecular weight is 374 g/mol.